The summed E-state index contributed by atoms with van der Waals surface area (Å²) < 4.78 is 2.66. The quantitative estimate of drug-likeness (QED) is 0.869. The van der Waals surface area contributed by atoms with Crippen LogP contribution in [0.15, 0.2) is 29.3 Å². The molecule has 1 saturated heterocycles. The molecule has 0 unspecified atom stereocenters. The lowest BCUT2D eigenvalue weighted by atomic mass is 10.2. The van der Waals surface area contributed by atoms with Crippen LogP contribution in [0.2, 0.25) is 0 Å². The summed E-state index contributed by atoms with van der Waals surface area (Å²) in [4.78, 5) is 28.6. The number of carbonyl (C=O) groups excluding carboxylic acids is 2. The minimum absolute atomic E-state index is 0.240. The van der Waals surface area contributed by atoms with Gasteiger partial charge in [0.25, 0.3) is 0 Å². The van der Waals surface area contributed by atoms with Gasteiger partial charge in [-0.3, -0.25) is 15.0 Å². The van der Waals surface area contributed by atoms with Gasteiger partial charge in [0.1, 0.15) is 0 Å². The molecule has 0 radical (unpaired) electrons. The zero-order valence-electron chi connectivity index (χ0n) is 9.26. The van der Waals surface area contributed by atoms with Crippen LogP contribution in [0.3, 0.4) is 0 Å². The first-order valence-electron chi connectivity index (χ1n) is 5.38. The van der Waals surface area contributed by atoms with Crippen LogP contribution in [0.5, 0.6) is 0 Å². The summed E-state index contributed by atoms with van der Waals surface area (Å²) in [7, 11) is 0. The molecule has 2 aromatic heterocycles. The molecule has 0 aromatic carbocycles. The molecule has 1 aliphatic rings. The highest BCUT2D eigenvalue weighted by molar-refractivity contribution is 9.10. The number of fused-ring (bicyclic) bond motifs is 1. The van der Waals surface area contributed by atoms with Crippen molar-refractivity contribution >= 4 is 39.1 Å². The van der Waals surface area contributed by atoms with Crippen molar-refractivity contribution < 1.29 is 9.59 Å². The summed E-state index contributed by atoms with van der Waals surface area (Å²) in [6, 6.07) is 1.44. The summed E-state index contributed by atoms with van der Waals surface area (Å²) in [5, 5.41) is 2.31. The Hall–Kier alpha value is -1.89. The lowest BCUT2D eigenvalue weighted by molar-refractivity contribution is -0.120. The van der Waals surface area contributed by atoms with Crippen molar-refractivity contribution in [2.45, 2.75) is 6.42 Å². The molecule has 1 fully saturated rings. The second kappa shape index (κ2) is 4.09. The fourth-order valence-corrected chi connectivity index (χ4v) is 2.43. The van der Waals surface area contributed by atoms with Gasteiger partial charge in [0.2, 0.25) is 5.91 Å². The van der Waals surface area contributed by atoms with E-state index in [0.29, 0.717) is 13.0 Å². The molecule has 0 saturated carbocycles. The zero-order valence-corrected chi connectivity index (χ0v) is 10.8. The molecular weight excluding hydrogens is 300 g/mol. The first kappa shape index (κ1) is 11.2. The number of hydrogen-bond donors (Lipinski definition) is 1. The normalized spacial score (nSPS) is 16.2. The van der Waals surface area contributed by atoms with Crippen LogP contribution in [0, 0.1) is 0 Å². The van der Waals surface area contributed by atoms with Crippen molar-refractivity contribution in [3.63, 3.8) is 0 Å². The molecule has 3 amide bonds. The van der Waals surface area contributed by atoms with E-state index in [1.54, 1.807) is 17.4 Å². The van der Waals surface area contributed by atoms with Gasteiger partial charge in [0.05, 0.1) is 23.7 Å². The molecular formula is C11H9BrN4O2. The first-order chi connectivity index (χ1) is 8.65. The molecule has 6 nitrogen and oxygen atoms in total. The summed E-state index contributed by atoms with van der Waals surface area (Å²) >= 11 is 3.39. The van der Waals surface area contributed by atoms with E-state index in [1.165, 1.54) is 0 Å². The highest BCUT2D eigenvalue weighted by Gasteiger charge is 2.26. The lowest BCUT2D eigenvalue weighted by Gasteiger charge is -2.27. The first-order valence-corrected chi connectivity index (χ1v) is 6.17. The fourth-order valence-electron chi connectivity index (χ4n) is 1.99. The van der Waals surface area contributed by atoms with Gasteiger partial charge >= 0.3 is 6.03 Å². The average molecular weight is 309 g/mol. The average Bonchev–Trinajstić information content (AvgIpc) is 2.76. The number of anilines is 1. The Balaban J connectivity index is 2.11. The van der Waals surface area contributed by atoms with E-state index in [4.69, 9.17) is 0 Å². The van der Waals surface area contributed by atoms with Crippen molar-refractivity contribution in [1.82, 2.24) is 14.7 Å². The summed E-state index contributed by atoms with van der Waals surface area (Å²) in [5.74, 6) is -0.240. The van der Waals surface area contributed by atoms with Gasteiger partial charge in [-0.1, -0.05) is 0 Å². The van der Waals surface area contributed by atoms with E-state index in [2.05, 4.69) is 26.2 Å². The van der Waals surface area contributed by atoms with Gasteiger partial charge in [0, 0.05) is 23.6 Å². The topological polar surface area (TPSA) is 66.7 Å². The molecule has 2 aromatic rings. The summed E-state index contributed by atoms with van der Waals surface area (Å²) in [5.41, 5.74) is 1.55. The third-order valence-corrected chi connectivity index (χ3v) is 3.24. The number of urea groups is 1. The Morgan fingerprint density at radius 1 is 1.39 bits per heavy atom. The number of halogens is 1. The van der Waals surface area contributed by atoms with E-state index in [0.717, 1.165) is 15.7 Å². The minimum Gasteiger partial charge on any atom is -0.303 e. The Labute approximate surface area is 111 Å². The molecule has 0 spiro atoms. The molecule has 1 aliphatic heterocycles. The van der Waals surface area contributed by atoms with Crippen molar-refractivity contribution in [1.29, 1.82) is 0 Å². The van der Waals surface area contributed by atoms with Crippen LogP contribution >= 0.6 is 15.9 Å². The van der Waals surface area contributed by atoms with E-state index in [9.17, 15) is 9.59 Å². The van der Waals surface area contributed by atoms with E-state index in [-0.39, 0.29) is 5.91 Å². The standard InChI is InChI=1S/C11H9BrN4O2/c12-7-3-8(9-4-13-6-15(9)5-7)16-2-1-10(17)14-11(16)18/h3-6H,1-2H2,(H,14,17,18). The third-order valence-electron chi connectivity index (χ3n) is 2.81. The zero-order chi connectivity index (χ0) is 12.7. The Morgan fingerprint density at radius 2 is 2.22 bits per heavy atom. The Kier molecular flexibility index (Phi) is 2.55. The smallest absolute Gasteiger partial charge is 0.303 e. The monoisotopic (exact) mass is 308 g/mol. The highest BCUT2D eigenvalue weighted by Crippen LogP contribution is 2.27. The largest absolute Gasteiger partial charge is 0.328 e. The molecule has 0 aliphatic carbocycles. The van der Waals surface area contributed by atoms with Crippen molar-refractivity contribution in [2.75, 3.05) is 11.4 Å². The lowest BCUT2D eigenvalue weighted by Crippen LogP contribution is -2.49. The van der Waals surface area contributed by atoms with E-state index in [1.807, 2.05) is 16.7 Å². The number of rotatable bonds is 1. The second-order valence-corrected chi connectivity index (χ2v) is 4.90. The van der Waals surface area contributed by atoms with Crippen LogP contribution in [-0.2, 0) is 4.79 Å². The SMILES string of the molecule is O=C1CCN(c2cc(Br)cn3cncc23)C(=O)N1. The van der Waals surface area contributed by atoms with Crippen LogP contribution in [-0.4, -0.2) is 27.9 Å². The number of nitrogens with zero attached hydrogens (tertiary/aromatic N) is 3. The third kappa shape index (κ3) is 1.76. The van der Waals surface area contributed by atoms with Crippen LogP contribution in [0.25, 0.3) is 5.52 Å². The van der Waals surface area contributed by atoms with Crippen LogP contribution < -0.4 is 10.2 Å². The number of amides is 3. The summed E-state index contributed by atoms with van der Waals surface area (Å²) in [6.07, 6.45) is 5.51. The van der Waals surface area contributed by atoms with Crippen LogP contribution in [0.1, 0.15) is 6.42 Å². The molecule has 7 heteroatoms. The Morgan fingerprint density at radius 3 is 3.00 bits per heavy atom. The Bertz CT molecular complexity index is 652. The van der Waals surface area contributed by atoms with Crippen molar-refractivity contribution in [3.05, 3.63) is 29.3 Å². The van der Waals surface area contributed by atoms with Gasteiger partial charge in [-0.15, -0.1) is 0 Å². The predicted molar refractivity (Wildman–Crippen MR) is 68.4 cm³/mol. The number of pyridine rings is 1. The molecule has 0 bridgehead atoms. The van der Waals surface area contributed by atoms with Crippen molar-refractivity contribution in [3.8, 4) is 0 Å². The molecule has 18 heavy (non-hydrogen) atoms. The van der Waals surface area contributed by atoms with Crippen LogP contribution in [0.4, 0.5) is 10.5 Å². The fraction of sp³-hybridized carbons (Fsp3) is 0.182. The number of aromatic nitrogens is 2. The molecule has 1 N–H and O–H groups in total. The predicted octanol–water partition coefficient (Wildman–Crippen LogP) is 1.54. The van der Waals surface area contributed by atoms with Crippen molar-refractivity contribution in [2.24, 2.45) is 0 Å². The number of imidazole rings is 1. The minimum atomic E-state index is -0.396. The molecule has 3 rings (SSSR count). The van der Waals surface area contributed by atoms with Gasteiger partial charge in [0.15, 0.2) is 0 Å². The van der Waals surface area contributed by atoms with E-state index < -0.39 is 6.03 Å². The van der Waals surface area contributed by atoms with Gasteiger partial charge < -0.3 is 4.40 Å². The maximum atomic E-state index is 11.8. The molecule has 92 valence electrons. The van der Waals surface area contributed by atoms with Gasteiger partial charge in [-0.2, -0.15) is 0 Å². The molecule has 0 atom stereocenters. The number of nitrogens with one attached hydrogen (secondary N) is 1. The second-order valence-electron chi connectivity index (χ2n) is 3.98. The molecule has 3 heterocycles. The van der Waals surface area contributed by atoms with E-state index >= 15 is 0 Å². The van der Waals surface area contributed by atoms with Gasteiger partial charge in [-0.05, 0) is 22.0 Å². The summed E-state index contributed by atoms with van der Waals surface area (Å²) in [6.45, 7) is 0.377. The maximum Gasteiger partial charge on any atom is 0.328 e. The number of hydrogen-bond acceptors (Lipinski definition) is 3. The van der Waals surface area contributed by atoms with Gasteiger partial charge in [-0.25, -0.2) is 9.78 Å². The highest BCUT2D eigenvalue weighted by atomic mass is 79.9. The number of imide groups is 1. The number of carbonyl (C=O) groups is 2. The maximum absolute atomic E-state index is 11.8.